The summed E-state index contributed by atoms with van der Waals surface area (Å²) in [7, 11) is 0. The summed E-state index contributed by atoms with van der Waals surface area (Å²) >= 11 is 0. The van der Waals surface area contributed by atoms with Crippen LogP contribution >= 0.6 is 0 Å². The molecule has 16 heavy (non-hydrogen) atoms. The molecule has 1 aliphatic carbocycles. The van der Waals surface area contributed by atoms with Gasteiger partial charge in [-0.2, -0.15) is 0 Å². The van der Waals surface area contributed by atoms with E-state index in [2.05, 4.69) is 39.9 Å². The Bertz CT molecular complexity index is 256. The zero-order valence-electron chi connectivity index (χ0n) is 11.5. The molecule has 0 unspecified atom stereocenters. The average molecular weight is 225 g/mol. The Hall–Kier alpha value is -0.0800. The summed E-state index contributed by atoms with van der Waals surface area (Å²) in [5, 5.41) is 3.70. The van der Waals surface area contributed by atoms with Gasteiger partial charge in [0.25, 0.3) is 0 Å². The third-order valence-electron chi connectivity index (χ3n) is 4.29. The summed E-state index contributed by atoms with van der Waals surface area (Å²) in [4.78, 5) is 0. The molecule has 0 amide bonds. The normalized spacial score (nSPS) is 39.2. The van der Waals surface area contributed by atoms with E-state index in [1.54, 1.807) is 0 Å². The van der Waals surface area contributed by atoms with Crippen LogP contribution in [-0.2, 0) is 4.74 Å². The maximum Gasteiger partial charge on any atom is 0.119 e. The highest BCUT2D eigenvalue weighted by Gasteiger charge is 2.46. The molecule has 0 atom stereocenters. The van der Waals surface area contributed by atoms with E-state index in [1.807, 2.05) is 0 Å². The molecule has 0 aromatic carbocycles. The summed E-state index contributed by atoms with van der Waals surface area (Å²) in [6.45, 7) is 12.4. The van der Waals surface area contributed by atoms with Crippen molar-refractivity contribution in [1.29, 1.82) is 0 Å². The van der Waals surface area contributed by atoms with Gasteiger partial charge in [0.1, 0.15) is 5.72 Å². The molecule has 1 spiro atoms. The number of nitrogens with one attached hydrogen (secondary N) is 1. The molecule has 1 heterocycles. The second-order valence-corrected chi connectivity index (χ2v) is 7.43. The van der Waals surface area contributed by atoms with Gasteiger partial charge in [0, 0.05) is 5.54 Å². The Balaban J connectivity index is 1.96. The van der Waals surface area contributed by atoms with Gasteiger partial charge in [-0.3, -0.25) is 5.32 Å². The van der Waals surface area contributed by atoms with E-state index in [0.29, 0.717) is 5.41 Å². The molecular formula is C14H27NO. The fourth-order valence-electron chi connectivity index (χ4n) is 3.23. The first-order chi connectivity index (χ1) is 7.23. The molecule has 2 rings (SSSR count). The summed E-state index contributed by atoms with van der Waals surface area (Å²) in [6, 6.07) is 0. The molecule has 1 saturated heterocycles. The highest BCUT2D eigenvalue weighted by Crippen LogP contribution is 2.44. The van der Waals surface area contributed by atoms with Crippen molar-refractivity contribution >= 4 is 0 Å². The molecule has 1 saturated carbocycles. The van der Waals surface area contributed by atoms with Gasteiger partial charge < -0.3 is 4.74 Å². The van der Waals surface area contributed by atoms with Gasteiger partial charge in [0.05, 0.1) is 6.61 Å². The van der Waals surface area contributed by atoms with Gasteiger partial charge in [-0.15, -0.1) is 0 Å². The van der Waals surface area contributed by atoms with Crippen LogP contribution in [-0.4, -0.2) is 17.9 Å². The van der Waals surface area contributed by atoms with Crippen molar-refractivity contribution < 1.29 is 4.74 Å². The monoisotopic (exact) mass is 225 g/mol. The van der Waals surface area contributed by atoms with Gasteiger partial charge in [-0.05, 0) is 50.9 Å². The molecular weight excluding hydrogens is 198 g/mol. The van der Waals surface area contributed by atoms with Crippen molar-refractivity contribution in [3.8, 4) is 0 Å². The molecule has 1 aliphatic heterocycles. The Kier molecular flexibility index (Phi) is 2.87. The predicted octanol–water partition coefficient (Wildman–Crippen LogP) is 3.32. The van der Waals surface area contributed by atoms with Crippen LogP contribution in [0.1, 0.15) is 60.3 Å². The van der Waals surface area contributed by atoms with Crippen molar-refractivity contribution in [3.63, 3.8) is 0 Å². The molecule has 2 aliphatic rings. The fraction of sp³-hybridized carbons (Fsp3) is 1.00. The highest BCUT2D eigenvalue weighted by molar-refractivity contribution is 4.98. The minimum absolute atomic E-state index is 0.00521. The molecule has 1 N–H and O–H groups in total. The number of hydrogen-bond acceptors (Lipinski definition) is 2. The predicted molar refractivity (Wildman–Crippen MR) is 67.3 cm³/mol. The third kappa shape index (κ3) is 2.43. The zero-order valence-corrected chi connectivity index (χ0v) is 11.5. The van der Waals surface area contributed by atoms with Crippen LogP contribution < -0.4 is 5.32 Å². The lowest BCUT2D eigenvalue weighted by Crippen LogP contribution is -2.51. The van der Waals surface area contributed by atoms with Crippen LogP contribution in [0.5, 0.6) is 0 Å². The lowest BCUT2D eigenvalue weighted by Gasteiger charge is -2.42. The van der Waals surface area contributed by atoms with E-state index in [-0.39, 0.29) is 11.3 Å². The summed E-state index contributed by atoms with van der Waals surface area (Å²) < 4.78 is 6.05. The summed E-state index contributed by atoms with van der Waals surface area (Å²) in [5.41, 5.74) is 0.621. The quantitative estimate of drug-likeness (QED) is 0.683. The van der Waals surface area contributed by atoms with Crippen LogP contribution in [0.2, 0.25) is 0 Å². The van der Waals surface area contributed by atoms with Gasteiger partial charge >= 0.3 is 0 Å². The largest absolute Gasteiger partial charge is 0.359 e. The van der Waals surface area contributed by atoms with E-state index in [0.717, 1.165) is 12.5 Å². The van der Waals surface area contributed by atoms with E-state index in [4.69, 9.17) is 4.74 Å². The average Bonchev–Trinajstić information content (AvgIpc) is 2.41. The minimum Gasteiger partial charge on any atom is -0.359 e. The molecule has 0 bridgehead atoms. The topological polar surface area (TPSA) is 21.3 Å². The van der Waals surface area contributed by atoms with Crippen LogP contribution in [0.4, 0.5) is 0 Å². The first-order valence-corrected chi connectivity index (χ1v) is 6.66. The molecule has 2 fully saturated rings. The Morgan fingerprint density at radius 1 is 1.12 bits per heavy atom. The molecule has 94 valence electrons. The maximum atomic E-state index is 6.05. The smallest absolute Gasteiger partial charge is 0.119 e. The molecule has 0 aromatic heterocycles. The van der Waals surface area contributed by atoms with Gasteiger partial charge in [0.2, 0.25) is 0 Å². The first-order valence-electron chi connectivity index (χ1n) is 6.66. The molecule has 0 radical (unpaired) electrons. The van der Waals surface area contributed by atoms with E-state index in [1.165, 1.54) is 25.7 Å². The summed E-state index contributed by atoms with van der Waals surface area (Å²) in [6.07, 6.45) is 4.95. The van der Waals surface area contributed by atoms with E-state index < -0.39 is 0 Å². The number of rotatable bonds is 0. The van der Waals surface area contributed by atoms with Crippen LogP contribution in [0, 0.1) is 11.3 Å². The van der Waals surface area contributed by atoms with Crippen LogP contribution in [0.25, 0.3) is 0 Å². The highest BCUT2D eigenvalue weighted by atomic mass is 16.5. The van der Waals surface area contributed by atoms with Gasteiger partial charge in [-0.1, -0.05) is 20.8 Å². The summed E-state index contributed by atoms with van der Waals surface area (Å²) in [5.74, 6) is 0.854. The van der Waals surface area contributed by atoms with Gasteiger partial charge in [-0.25, -0.2) is 0 Å². The first kappa shape index (κ1) is 12.4. The maximum absolute atomic E-state index is 6.05. The second kappa shape index (κ2) is 3.71. The Labute approximate surface area is 100 Å². The Morgan fingerprint density at radius 3 is 2.06 bits per heavy atom. The standard InChI is InChI=1S/C14H27NO/c1-12(2,3)11-6-8-14(9-7-11)15-13(4,5)10-16-14/h11,15H,6-10H2,1-5H3. The zero-order chi connectivity index (χ0) is 12.0. The van der Waals surface area contributed by atoms with Crippen molar-refractivity contribution in [1.82, 2.24) is 5.32 Å². The van der Waals surface area contributed by atoms with Crippen LogP contribution in [0.3, 0.4) is 0 Å². The lowest BCUT2D eigenvalue weighted by molar-refractivity contribution is -0.0591. The van der Waals surface area contributed by atoms with E-state index >= 15 is 0 Å². The Morgan fingerprint density at radius 2 is 1.69 bits per heavy atom. The lowest BCUT2D eigenvalue weighted by atomic mass is 9.70. The van der Waals surface area contributed by atoms with Crippen LogP contribution in [0.15, 0.2) is 0 Å². The molecule has 0 aromatic rings. The van der Waals surface area contributed by atoms with Gasteiger partial charge in [0.15, 0.2) is 0 Å². The number of hydrogen-bond donors (Lipinski definition) is 1. The minimum atomic E-state index is 0.00521. The van der Waals surface area contributed by atoms with Crippen molar-refractivity contribution in [2.45, 2.75) is 71.6 Å². The second-order valence-electron chi connectivity index (χ2n) is 7.43. The van der Waals surface area contributed by atoms with Crippen molar-refractivity contribution in [3.05, 3.63) is 0 Å². The fourth-order valence-corrected chi connectivity index (χ4v) is 3.23. The molecule has 2 nitrogen and oxygen atoms in total. The third-order valence-corrected chi connectivity index (χ3v) is 4.29. The van der Waals surface area contributed by atoms with E-state index in [9.17, 15) is 0 Å². The SMILES string of the molecule is CC1(C)COC2(CCC(C(C)(C)C)CC2)N1. The van der Waals surface area contributed by atoms with Crippen molar-refractivity contribution in [2.75, 3.05) is 6.61 Å². The molecule has 2 heteroatoms. The number of ether oxygens (including phenoxy) is 1. The van der Waals surface area contributed by atoms with Crippen molar-refractivity contribution in [2.24, 2.45) is 11.3 Å².